The van der Waals surface area contributed by atoms with Gasteiger partial charge in [0.1, 0.15) is 0 Å². The molecule has 3 heteroatoms. The van der Waals surface area contributed by atoms with Crippen LogP contribution in [0.25, 0.3) is 0 Å². The molecule has 0 bridgehead atoms. The molecule has 3 N–H and O–H groups in total. The van der Waals surface area contributed by atoms with Crippen molar-refractivity contribution in [2.75, 3.05) is 18.9 Å². The molecule has 2 rings (SSSR count). The molecule has 15 heavy (non-hydrogen) atoms. The second-order valence-electron chi connectivity index (χ2n) is 3.99. The number of hydrogen-bond acceptors (Lipinski definition) is 3. The van der Waals surface area contributed by atoms with Gasteiger partial charge in [0, 0.05) is 24.9 Å². The third-order valence-electron chi connectivity index (χ3n) is 2.80. The maximum absolute atomic E-state index is 5.86. The van der Waals surface area contributed by atoms with Gasteiger partial charge in [-0.05, 0) is 24.5 Å². The van der Waals surface area contributed by atoms with Gasteiger partial charge in [-0.3, -0.25) is 0 Å². The van der Waals surface area contributed by atoms with E-state index in [0.717, 1.165) is 31.9 Å². The molecule has 3 nitrogen and oxygen atoms in total. The maximum atomic E-state index is 5.86. The van der Waals surface area contributed by atoms with Crippen LogP contribution in [0.5, 0.6) is 0 Å². The third kappa shape index (κ3) is 2.94. The lowest BCUT2D eigenvalue weighted by molar-refractivity contribution is 0.0699. The Morgan fingerprint density at radius 2 is 2.27 bits per heavy atom. The van der Waals surface area contributed by atoms with Crippen molar-refractivity contribution in [1.82, 2.24) is 5.32 Å². The average molecular weight is 206 g/mol. The molecule has 1 aliphatic heterocycles. The minimum Gasteiger partial charge on any atom is -0.398 e. The smallest absolute Gasteiger partial charge is 0.0619 e. The lowest BCUT2D eigenvalue weighted by Crippen LogP contribution is -2.36. The first-order chi connectivity index (χ1) is 7.36. The number of nitrogens with one attached hydrogen (secondary N) is 1. The highest BCUT2D eigenvalue weighted by Crippen LogP contribution is 2.12. The zero-order valence-corrected chi connectivity index (χ0v) is 8.91. The summed E-state index contributed by atoms with van der Waals surface area (Å²) in [6, 6.07) is 8.46. The van der Waals surface area contributed by atoms with E-state index in [-0.39, 0.29) is 0 Å². The summed E-state index contributed by atoms with van der Waals surface area (Å²) >= 11 is 0. The van der Waals surface area contributed by atoms with Crippen LogP contribution in [0.4, 0.5) is 5.69 Å². The van der Waals surface area contributed by atoms with Crippen LogP contribution in [0.3, 0.4) is 0 Å². The standard InChI is InChI=1S/C12H18N2O/c13-12-6-2-1-4-10(12)8-14-11-5-3-7-15-9-11/h1-2,4,6,11,14H,3,5,7-9,13H2. The predicted molar refractivity (Wildman–Crippen MR) is 61.5 cm³/mol. The SMILES string of the molecule is Nc1ccccc1CNC1CCCOC1. The summed E-state index contributed by atoms with van der Waals surface area (Å²) in [5.41, 5.74) is 7.90. The zero-order chi connectivity index (χ0) is 10.5. The molecular formula is C12H18N2O. The van der Waals surface area contributed by atoms with Gasteiger partial charge in [-0.1, -0.05) is 18.2 Å². The lowest BCUT2D eigenvalue weighted by atomic mass is 10.1. The molecule has 1 fully saturated rings. The van der Waals surface area contributed by atoms with Crippen LogP contribution in [0.2, 0.25) is 0 Å². The van der Waals surface area contributed by atoms with Crippen LogP contribution in [0, 0.1) is 0 Å². The largest absolute Gasteiger partial charge is 0.398 e. The van der Waals surface area contributed by atoms with E-state index in [0.29, 0.717) is 6.04 Å². The van der Waals surface area contributed by atoms with Crippen LogP contribution in [-0.4, -0.2) is 19.3 Å². The molecule has 1 aromatic carbocycles. The van der Waals surface area contributed by atoms with Gasteiger partial charge in [0.05, 0.1) is 6.61 Å². The highest BCUT2D eigenvalue weighted by atomic mass is 16.5. The van der Waals surface area contributed by atoms with Gasteiger partial charge in [-0.2, -0.15) is 0 Å². The number of nitrogens with two attached hydrogens (primary N) is 1. The highest BCUT2D eigenvalue weighted by molar-refractivity contribution is 5.46. The molecule has 1 heterocycles. The first-order valence-corrected chi connectivity index (χ1v) is 5.51. The molecule has 1 aliphatic rings. The second kappa shape index (κ2) is 5.14. The Labute approximate surface area is 90.6 Å². The highest BCUT2D eigenvalue weighted by Gasteiger charge is 2.12. The Bertz CT molecular complexity index is 308. The average Bonchev–Trinajstić information content (AvgIpc) is 2.29. The van der Waals surface area contributed by atoms with Gasteiger partial charge in [-0.25, -0.2) is 0 Å². The van der Waals surface area contributed by atoms with Gasteiger partial charge in [-0.15, -0.1) is 0 Å². The zero-order valence-electron chi connectivity index (χ0n) is 8.91. The van der Waals surface area contributed by atoms with Crippen molar-refractivity contribution >= 4 is 5.69 Å². The molecule has 1 saturated heterocycles. The van der Waals surface area contributed by atoms with Gasteiger partial charge >= 0.3 is 0 Å². The number of nitrogen functional groups attached to an aromatic ring is 1. The Morgan fingerprint density at radius 1 is 1.40 bits per heavy atom. The summed E-state index contributed by atoms with van der Waals surface area (Å²) in [4.78, 5) is 0. The molecule has 0 aromatic heterocycles. The molecular weight excluding hydrogens is 188 g/mol. The topological polar surface area (TPSA) is 47.3 Å². The van der Waals surface area contributed by atoms with Crippen molar-refractivity contribution in [3.63, 3.8) is 0 Å². The van der Waals surface area contributed by atoms with E-state index in [2.05, 4.69) is 11.4 Å². The van der Waals surface area contributed by atoms with Crippen molar-refractivity contribution in [2.24, 2.45) is 0 Å². The van der Waals surface area contributed by atoms with E-state index in [1.807, 2.05) is 18.2 Å². The van der Waals surface area contributed by atoms with Crippen molar-refractivity contribution in [2.45, 2.75) is 25.4 Å². The summed E-state index contributed by atoms with van der Waals surface area (Å²) in [5.74, 6) is 0. The molecule has 0 amide bonds. The van der Waals surface area contributed by atoms with Crippen LogP contribution < -0.4 is 11.1 Å². The van der Waals surface area contributed by atoms with Crippen molar-refractivity contribution in [3.8, 4) is 0 Å². The van der Waals surface area contributed by atoms with Crippen LogP contribution in [-0.2, 0) is 11.3 Å². The van der Waals surface area contributed by atoms with Crippen molar-refractivity contribution in [3.05, 3.63) is 29.8 Å². The van der Waals surface area contributed by atoms with Crippen LogP contribution in [0.1, 0.15) is 18.4 Å². The Hall–Kier alpha value is -1.06. The fourth-order valence-electron chi connectivity index (χ4n) is 1.85. The van der Waals surface area contributed by atoms with Crippen molar-refractivity contribution < 1.29 is 4.74 Å². The second-order valence-corrected chi connectivity index (χ2v) is 3.99. The molecule has 0 spiro atoms. The Kier molecular flexibility index (Phi) is 3.59. The summed E-state index contributed by atoms with van der Waals surface area (Å²) in [7, 11) is 0. The quantitative estimate of drug-likeness (QED) is 0.737. The fourth-order valence-corrected chi connectivity index (χ4v) is 1.85. The molecule has 0 saturated carbocycles. The van der Waals surface area contributed by atoms with Crippen LogP contribution in [0.15, 0.2) is 24.3 Å². The number of hydrogen-bond donors (Lipinski definition) is 2. The van der Waals surface area contributed by atoms with E-state index in [1.165, 1.54) is 12.0 Å². The monoisotopic (exact) mass is 206 g/mol. The molecule has 82 valence electrons. The number of para-hydroxylation sites is 1. The Morgan fingerprint density at radius 3 is 3.00 bits per heavy atom. The van der Waals surface area contributed by atoms with E-state index < -0.39 is 0 Å². The van der Waals surface area contributed by atoms with Gasteiger partial charge in [0.2, 0.25) is 0 Å². The van der Waals surface area contributed by atoms with Gasteiger partial charge in [0.15, 0.2) is 0 Å². The minimum absolute atomic E-state index is 0.485. The van der Waals surface area contributed by atoms with E-state index in [9.17, 15) is 0 Å². The molecule has 1 atom stereocenters. The Balaban J connectivity index is 1.84. The van der Waals surface area contributed by atoms with Crippen LogP contribution >= 0.6 is 0 Å². The van der Waals surface area contributed by atoms with E-state index >= 15 is 0 Å². The lowest BCUT2D eigenvalue weighted by Gasteiger charge is -2.23. The number of ether oxygens (including phenoxy) is 1. The minimum atomic E-state index is 0.485. The summed E-state index contributed by atoms with van der Waals surface area (Å²) in [6.45, 7) is 2.57. The number of rotatable bonds is 3. The fraction of sp³-hybridized carbons (Fsp3) is 0.500. The number of anilines is 1. The first kappa shape index (κ1) is 10.5. The maximum Gasteiger partial charge on any atom is 0.0619 e. The first-order valence-electron chi connectivity index (χ1n) is 5.51. The molecule has 0 aliphatic carbocycles. The van der Waals surface area contributed by atoms with Gasteiger partial charge in [0.25, 0.3) is 0 Å². The number of benzene rings is 1. The van der Waals surface area contributed by atoms with E-state index in [1.54, 1.807) is 0 Å². The summed E-state index contributed by atoms with van der Waals surface area (Å²) in [5, 5.41) is 3.47. The summed E-state index contributed by atoms with van der Waals surface area (Å²) in [6.07, 6.45) is 2.36. The molecule has 1 aromatic rings. The van der Waals surface area contributed by atoms with Crippen molar-refractivity contribution in [1.29, 1.82) is 0 Å². The molecule has 1 unspecified atom stereocenters. The van der Waals surface area contributed by atoms with Gasteiger partial charge < -0.3 is 15.8 Å². The predicted octanol–water partition coefficient (Wildman–Crippen LogP) is 1.54. The van der Waals surface area contributed by atoms with E-state index in [4.69, 9.17) is 10.5 Å². The summed E-state index contributed by atoms with van der Waals surface area (Å²) < 4.78 is 5.41. The normalized spacial score (nSPS) is 21.5. The third-order valence-corrected chi connectivity index (χ3v) is 2.80. The molecule has 0 radical (unpaired) electrons.